The van der Waals surface area contributed by atoms with Crippen LogP contribution in [0.4, 0.5) is 14.6 Å². The summed E-state index contributed by atoms with van der Waals surface area (Å²) in [5.74, 6) is -0.258. The number of nitrogens with one attached hydrogen (secondary N) is 1. The lowest BCUT2D eigenvalue weighted by atomic mass is 9.94. The minimum absolute atomic E-state index is 0.00377. The first-order valence-corrected chi connectivity index (χ1v) is 20.4. The summed E-state index contributed by atoms with van der Waals surface area (Å²) in [6.07, 6.45) is 5.70. The Morgan fingerprint density at radius 1 is 1.02 bits per heavy atom. The van der Waals surface area contributed by atoms with E-state index in [1.807, 2.05) is 22.6 Å². The molecule has 5 aromatic rings. The number of hydrogen-bond donors (Lipinski definition) is 1. The molecule has 58 heavy (non-hydrogen) atoms. The highest BCUT2D eigenvalue weighted by molar-refractivity contribution is 6.02. The van der Waals surface area contributed by atoms with Crippen molar-refractivity contribution in [1.29, 1.82) is 0 Å². The molecule has 0 aliphatic carbocycles. The van der Waals surface area contributed by atoms with E-state index in [2.05, 4.69) is 15.1 Å². The van der Waals surface area contributed by atoms with Crippen molar-refractivity contribution in [2.24, 2.45) is 0 Å². The predicted molar refractivity (Wildman–Crippen MR) is 213 cm³/mol. The number of aryl methyl sites for hydroxylation is 2. The van der Waals surface area contributed by atoms with Crippen LogP contribution >= 0.6 is 0 Å². The maximum atomic E-state index is 17.4. The van der Waals surface area contributed by atoms with Gasteiger partial charge in [-0.15, -0.1) is 0 Å². The Labute approximate surface area is 335 Å². The minimum atomic E-state index is -0.684. The number of ether oxygens (including phenoxy) is 4. The van der Waals surface area contributed by atoms with Gasteiger partial charge in [-0.2, -0.15) is 15.1 Å². The topological polar surface area (TPSA) is 132 Å². The molecule has 4 aliphatic heterocycles. The van der Waals surface area contributed by atoms with Gasteiger partial charge in [-0.3, -0.25) is 19.4 Å². The fourth-order valence-corrected chi connectivity index (χ4v) is 9.01. The average molecular weight is 798 g/mol. The number of methoxy groups -OCH3 is 1. The van der Waals surface area contributed by atoms with Gasteiger partial charge < -0.3 is 34.1 Å². The number of aromatic nitrogens is 5. The molecule has 16 heteroatoms. The number of amides is 1. The third kappa shape index (κ3) is 7.42. The Balaban J connectivity index is 1.10. The van der Waals surface area contributed by atoms with Crippen LogP contribution in [0.5, 0.6) is 11.8 Å². The van der Waals surface area contributed by atoms with E-state index in [-0.39, 0.29) is 35.7 Å². The van der Waals surface area contributed by atoms with Gasteiger partial charge in [0.1, 0.15) is 28.6 Å². The summed E-state index contributed by atoms with van der Waals surface area (Å²) in [7, 11) is 1.52. The van der Waals surface area contributed by atoms with Gasteiger partial charge >= 0.3 is 6.01 Å². The summed E-state index contributed by atoms with van der Waals surface area (Å²) in [4.78, 5) is 34.1. The van der Waals surface area contributed by atoms with Crippen LogP contribution in [-0.2, 0) is 29.0 Å². The Kier molecular flexibility index (Phi) is 11.1. The molecule has 1 N–H and O–H groups in total. The number of piperazine rings is 1. The maximum Gasteiger partial charge on any atom is 0.319 e. The molecule has 0 saturated carbocycles. The highest BCUT2D eigenvalue weighted by Gasteiger charge is 2.37. The molecule has 9 rings (SSSR count). The first kappa shape index (κ1) is 38.5. The zero-order valence-corrected chi connectivity index (χ0v) is 33.0. The number of carbonyl (C=O) groups is 1. The SMILES string of the molecule is CCc1c(F)ccc2cc(OCOC)cc(-c3ncc4c(N5CCCn6nc(C(=O)N7CCNCC7)cc6C5)nc(OCCCN5C6CCC5COC6)nc4c3F)c12. The number of nitrogens with zero attached hydrogens (tertiary/aromatic N) is 8. The maximum absolute atomic E-state index is 17.4. The van der Waals surface area contributed by atoms with Crippen molar-refractivity contribution in [3.8, 4) is 23.0 Å². The number of anilines is 1. The van der Waals surface area contributed by atoms with Gasteiger partial charge in [0.25, 0.3) is 5.91 Å². The van der Waals surface area contributed by atoms with E-state index in [0.717, 1.165) is 57.8 Å². The summed E-state index contributed by atoms with van der Waals surface area (Å²) in [5, 5.41) is 9.64. The second-order valence-electron chi connectivity index (χ2n) is 15.4. The van der Waals surface area contributed by atoms with Crippen LogP contribution in [0.25, 0.3) is 32.9 Å². The van der Waals surface area contributed by atoms with Crippen molar-refractivity contribution in [2.75, 3.05) is 77.9 Å². The van der Waals surface area contributed by atoms with E-state index in [0.29, 0.717) is 109 Å². The van der Waals surface area contributed by atoms with E-state index in [1.165, 1.54) is 13.2 Å². The second kappa shape index (κ2) is 16.7. The van der Waals surface area contributed by atoms with E-state index >= 15 is 8.78 Å². The highest BCUT2D eigenvalue weighted by atomic mass is 19.1. The number of rotatable bonds is 12. The number of pyridine rings is 1. The van der Waals surface area contributed by atoms with E-state index in [4.69, 9.17) is 39.0 Å². The zero-order chi connectivity index (χ0) is 39.8. The molecule has 2 bridgehead atoms. The largest absolute Gasteiger partial charge is 0.468 e. The molecule has 1 amide bonds. The van der Waals surface area contributed by atoms with Crippen LogP contribution in [0.15, 0.2) is 36.5 Å². The smallest absolute Gasteiger partial charge is 0.319 e. The highest BCUT2D eigenvalue weighted by Crippen LogP contribution is 2.40. The summed E-state index contributed by atoms with van der Waals surface area (Å²) < 4.78 is 57.6. The van der Waals surface area contributed by atoms with Crippen molar-refractivity contribution >= 4 is 33.4 Å². The van der Waals surface area contributed by atoms with Crippen molar-refractivity contribution < 1.29 is 32.5 Å². The van der Waals surface area contributed by atoms with E-state index < -0.39 is 5.82 Å². The third-order valence-electron chi connectivity index (χ3n) is 11.9. The summed E-state index contributed by atoms with van der Waals surface area (Å²) in [5.41, 5.74) is 2.13. The van der Waals surface area contributed by atoms with Gasteiger partial charge in [-0.05, 0) is 72.7 Å². The molecule has 2 atom stereocenters. The van der Waals surface area contributed by atoms with Gasteiger partial charge in [0, 0.05) is 76.8 Å². The quantitative estimate of drug-likeness (QED) is 0.135. The van der Waals surface area contributed by atoms with Crippen molar-refractivity contribution in [3.05, 3.63) is 65.1 Å². The van der Waals surface area contributed by atoms with Crippen molar-refractivity contribution in [3.63, 3.8) is 0 Å². The Morgan fingerprint density at radius 3 is 2.64 bits per heavy atom. The molecule has 306 valence electrons. The van der Waals surface area contributed by atoms with Crippen molar-refractivity contribution in [1.82, 2.24) is 39.8 Å². The van der Waals surface area contributed by atoms with Crippen LogP contribution in [0.2, 0.25) is 0 Å². The average Bonchev–Trinajstić information content (AvgIpc) is 3.65. The number of halogens is 2. The van der Waals surface area contributed by atoms with E-state index in [1.54, 1.807) is 24.4 Å². The van der Waals surface area contributed by atoms with Gasteiger partial charge in [0.05, 0.1) is 37.4 Å². The predicted octanol–water partition coefficient (Wildman–Crippen LogP) is 4.95. The molecule has 3 fully saturated rings. The first-order chi connectivity index (χ1) is 28.4. The van der Waals surface area contributed by atoms with Crippen LogP contribution in [0.3, 0.4) is 0 Å². The monoisotopic (exact) mass is 797 g/mol. The van der Waals surface area contributed by atoms with Crippen LogP contribution in [0, 0.1) is 11.6 Å². The zero-order valence-electron chi connectivity index (χ0n) is 33.0. The fourth-order valence-electron chi connectivity index (χ4n) is 9.01. The summed E-state index contributed by atoms with van der Waals surface area (Å²) >= 11 is 0. The molecular weight excluding hydrogens is 749 g/mol. The number of benzene rings is 2. The summed E-state index contributed by atoms with van der Waals surface area (Å²) in [6.45, 7) is 8.89. The number of fused-ring (bicyclic) bond motifs is 5. The van der Waals surface area contributed by atoms with Gasteiger partial charge in [-0.1, -0.05) is 13.0 Å². The van der Waals surface area contributed by atoms with Crippen LogP contribution < -0.4 is 19.7 Å². The van der Waals surface area contributed by atoms with Crippen molar-refractivity contribution in [2.45, 2.75) is 64.2 Å². The lowest BCUT2D eigenvalue weighted by Gasteiger charge is -2.34. The Hall–Kier alpha value is -5.03. The standard InChI is InChI=1S/C42H49F2N9O5/c1-3-31-34(43)9-6-26-18-30(58-25-55-2)20-32(36(26)31)38-37(44)39-33(21-46-38)40(48-42(47-39)57-17-5-13-52-27-7-8-28(52)24-56-23-27)51-12-4-14-53-29(22-51)19-35(49-53)41(54)50-15-10-45-11-16-50/h6,9,18-21,27-28,45H,3-5,7-8,10-17,22-25H2,1-2H3. The third-order valence-corrected chi connectivity index (χ3v) is 11.9. The fraction of sp³-hybridized carbons (Fsp3) is 0.500. The molecule has 4 aliphatic rings. The Morgan fingerprint density at radius 2 is 1.84 bits per heavy atom. The van der Waals surface area contributed by atoms with Gasteiger partial charge in [0.2, 0.25) is 0 Å². The number of hydrogen-bond acceptors (Lipinski definition) is 12. The number of carbonyl (C=O) groups excluding carboxylic acids is 1. The minimum Gasteiger partial charge on any atom is -0.468 e. The number of morpholine rings is 1. The molecular formula is C42H49F2N9O5. The molecule has 2 aromatic carbocycles. The molecule has 7 heterocycles. The van der Waals surface area contributed by atoms with Crippen LogP contribution in [-0.4, -0.2) is 126 Å². The Bertz CT molecular complexity index is 2300. The molecule has 3 aromatic heterocycles. The lowest BCUT2D eigenvalue weighted by molar-refractivity contribution is -0.0161. The molecule has 3 saturated heterocycles. The van der Waals surface area contributed by atoms with Gasteiger partial charge in [-0.25, -0.2) is 8.78 Å². The first-order valence-electron chi connectivity index (χ1n) is 20.4. The van der Waals surface area contributed by atoms with E-state index in [9.17, 15) is 4.79 Å². The summed E-state index contributed by atoms with van der Waals surface area (Å²) in [6, 6.07) is 9.31. The molecule has 0 radical (unpaired) electrons. The van der Waals surface area contributed by atoms with Crippen LogP contribution in [0.1, 0.15) is 54.4 Å². The molecule has 0 spiro atoms. The van der Waals surface area contributed by atoms with Gasteiger partial charge in [0.15, 0.2) is 18.3 Å². The second-order valence-corrected chi connectivity index (χ2v) is 15.4. The molecule has 14 nitrogen and oxygen atoms in total. The lowest BCUT2D eigenvalue weighted by Crippen LogP contribution is -2.46. The normalized spacial score (nSPS) is 19.8. The molecule has 2 unspecified atom stereocenters.